The van der Waals surface area contributed by atoms with Crippen molar-refractivity contribution in [1.82, 2.24) is 19.9 Å². The second kappa shape index (κ2) is 4.98. The first-order valence-corrected chi connectivity index (χ1v) is 5.91. The van der Waals surface area contributed by atoms with E-state index in [4.69, 9.17) is 0 Å². The van der Waals surface area contributed by atoms with Crippen LogP contribution in [-0.2, 0) is 5.75 Å². The number of nitrogens with zero attached hydrogens (tertiary/aromatic N) is 3. The Morgan fingerprint density at radius 2 is 2.31 bits per heavy atom. The molecule has 0 radical (unpaired) electrons. The Morgan fingerprint density at radius 3 is 3.00 bits per heavy atom. The van der Waals surface area contributed by atoms with E-state index < -0.39 is 0 Å². The molecule has 0 amide bonds. The highest BCUT2D eigenvalue weighted by Crippen LogP contribution is 2.17. The molecular formula is C10H13N5S. The minimum atomic E-state index is 0.712. The highest BCUT2D eigenvalue weighted by atomic mass is 32.2. The van der Waals surface area contributed by atoms with Crippen molar-refractivity contribution in [2.45, 2.75) is 17.8 Å². The van der Waals surface area contributed by atoms with Crippen LogP contribution in [0.25, 0.3) is 0 Å². The molecule has 0 aliphatic rings. The Labute approximate surface area is 98.1 Å². The smallest absolute Gasteiger partial charge is 0.165 e. The van der Waals surface area contributed by atoms with Crippen LogP contribution in [0.1, 0.15) is 11.5 Å². The van der Waals surface area contributed by atoms with Crippen molar-refractivity contribution >= 4 is 17.6 Å². The van der Waals surface area contributed by atoms with Crippen LogP contribution in [0.5, 0.6) is 0 Å². The lowest BCUT2D eigenvalue weighted by Crippen LogP contribution is -2.00. The van der Waals surface area contributed by atoms with Crippen molar-refractivity contribution in [1.29, 1.82) is 0 Å². The lowest BCUT2D eigenvalue weighted by Gasteiger charge is -2.04. The summed E-state index contributed by atoms with van der Waals surface area (Å²) in [6.07, 6.45) is 3.54. The van der Waals surface area contributed by atoms with E-state index in [0.29, 0.717) is 5.75 Å². The molecule has 0 atom stereocenters. The second-order valence-corrected chi connectivity index (χ2v) is 4.21. The maximum absolute atomic E-state index is 4.37. The van der Waals surface area contributed by atoms with Gasteiger partial charge in [0.15, 0.2) is 5.16 Å². The molecule has 2 N–H and O–H groups in total. The fraction of sp³-hybridized carbons (Fsp3) is 0.300. The van der Waals surface area contributed by atoms with Gasteiger partial charge in [0.2, 0.25) is 0 Å². The average molecular weight is 235 g/mol. The molecule has 0 aromatic carbocycles. The Bertz CT molecular complexity index is 454. The summed E-state index contributed by atoms with van der Waals surface area (Å²) in [5.41, 5.74) is 0.967. The summed E-state index contributed by atoms with van der Waals surface area (Å²) in [7, 11) is 1.85. The van der Waals surface area contributed by atoms with Crippen molar-refractivity contribution in [2.75, 3.05) is 12.4 Å². The van der Waals surface area contributed by atoms with E-state index in [1.807, 2.05) is 20.0 Å². The molecule has 5 nitrogen and oxygen atoms in total. The van der Waals surface area contributed by atoms with E-state index in [9.17, 15) is 0 Å². The van der Waals surface area contributed by atoms with Crippen LogP contribution in [0, 0.1) is 6.92 Å². The number of imidazole rings is 1. The number of anilines is 1. The average Bonchev–Trinajstić information content (AvgIpc) is 2.78. The predicted molar refractivity (Wildman–Crippen MR) is 64.5 cm³/mol. The summed E-state index contributed by atoms with van der Waals surface area (Å²) in [6, 6.07) is 1.92. The van der Waals surface area contributed by atoms with Crippen molar-refractivity contribution in [3.05, 3.63) is 30.0 Å². The van der Waals surface area contributed by atoms with E-state index >= 15 is 0 Å². The van der Waals surface area contributed by atoms with Gasteiger partial charge in [-0.25, -0.2) is 15.0 Å². The molecule has 0 aliphatic carbocycles. The molecule has 0 spiro atoms. The van der Waals surface area contributed by atoms with Gasteiger partial charge in [0.05, 0.1) is 5.75 Å². The fourth-order valence-electron chi connectivity index (χ4n) is 1.29. The standard InChI is InChI=1S/C10H13N5S/c1-7-5-8(11-2)15-9(14-7)6-16-10-12-3-4-13-10/h3-5H,6H2,1-2H3,(H,12,13)(H,11,14,15). The summed E-state index contributed by atoms with van der Waals surface area (Å²) in [6.45, 7) is 1.96. The predicted octanol–water partition coefficient (Wildman–Crippen LogP) is 1.84. The summed E-state index contributed by atoms with van der Waals surface area (Å²) in [5.74, 6) is 2.37. The van der Waals surface area contributed by atoms with Gasteiger partial charge >= 0.3 is 0 Å². The van der Waals surface area contributed by atoms with E-state index in [-0.39, 0.29) is 0 Å². The van der Waals surface area contributed by atoms with Gasteiger partial charge in [0.1, 0.15) is 11.6 Å². The molecule has 0 saturated heterocycles. The van der Waals surface area contributed by atoms with E-state index in [1.165, 1.54) is 0 Å². The van der Waals surface area contributed by atoms with Crippen molar-refractivity contribution in [3.8, 4) is 0 Å². The number of aromatic amines is 1. The SMILES string of the molecule is CNc1cc(C)nc(CSc2ncc[nH]2)n1. The highest BCUT2D eigenvalue weighted by molar-refractivity contribution is 7.98. The number of aryl methyl sites for hydroxylation is 1. The second-order valence-electron chi connectivity index (χ2n) is 3.24. The summed E-state index contributed by atoms with van der Waals surface area (Å²) >= 11 is 1.59. The Balaban J connectivity index is 2.06. The van der Waals surface area contributed by atoms with Gasteiger partial charge in [-0.1, -0.05) is 11.8 Å². The van der Waals surface area contributed by atoms with Crippen LogP contribution >= 0.6 is 11.8 Å². The van der Waals surface area contributed by atoms with Crippen LogP contribution in [0.2, 0.25) is 0 Å². The minimum Gasteiger partial charge on any atom is -0.373 e. The number of hydrogen-bond acceptors (Lipinski definition) is 5. The number of aromatic nitrogens is 4. The van der Waals surface area contributed by atoms with Gasteiger partial charge in [-0.15, -0.1) is 0 Å². The molecule has 84 valence electrons. The molecule has 2 aromatic rings. The zero-order valence-electron chi connectivity index (χ0n) is 9.19. The quantitative estimate of drug-likeness (QED) is 0.792. The van der Waals surface area contributed by atoms with Crippen molar-refractivity contribution in [2.24, 2.45) is 0 Å². The Kier molecular flexibility index (Phi) is 3.40. The molecule has 6 heteroatoms. The molecule has 0 aliphatic heterocycles. The van der Waals surface area contributed by atoms with Crippen LogP contribution in [0.15, 0.2) is 23.6 Å². The maximum Gasteiger partial charge on any atom is 0.165 e. The first kappa shape index (κ1) is 10.9. The fourth-order valence-corrected chi connectivity index (χ4v) is 1.97. The first-order valence-electron chi connectivity index (χ1n) is 4.92. The van der Waals surface area contributed by atoms with Gasteiger partial charge in [-0.2, -0.15) is 0 Å². The normalized spacial score (nSPS) is 10.4. The van der Waals surface area contributed by atoms with Crippen LogP contribution in [0.4, 0.5) is 5.82 Å². The van der Waals surface area contributed by atoms with E-state index in [2.05, 4.69) is 25.3 Å². The van der Waals surface area contributed by atoms with Crippen molar-refractivity contribution < 1.29 is 0 Å². The van der Waals surface area contributed by atoms with Crippen LogP contribution in [0.3, 0.4) is 0 Å². The van der Waals surface area contributed by atoms with Crippen LogP contribution in [-0.4, -0.2) is 27.0 Å². The molecule has 0 bridgehead atoms. The molecule has 2 heterocycles. The van der Waals surface area contributed by atoms with E-state index in [1.54, 1.807) is 24.2 Å². The molecule has 2 rings (SSSR count). The third-order valence-corrected chi connectivity index (χ3v) is 2.87. The number of hydrogen-bond donors (Lipinski definition) is 2. The summed E-state index contributed by atoms with van der Waals surface area (Å²) in [4.78, 5) is 15.9. The third kappa shape index (κ3) is 2.73. The van der Waals surface area contributed by atoms with Gasteiger partial charge in [0.25, 0.3) is 0 Å². The maximum atomic E-state index is 4.37. The zero-order chi connectivity index (χ0) is 11.4. The Morgan fingerprint density at radius 1 is 1.44 bits per heavy atom. The number of nitrogens with one attached hydrogen (secondary N) is 2. The van der Waals surface area contributed by atoms with Crippen LogP contribution < -0.4 is 5.32 Å². The summed E-state index contributed by atoms with van der Waals surface area (Å²) in [5, 5.41) is 3.90. The Hall–Kier alpha value is -1.56. The lowest BCUT2D eigenvalue weighted by molar-refractivity contribution is 0.986. The largest absolute Gasteiger partial charge is 0.373 e. The molecule has 2 aromatic heterocycles. The lowest BCUT2D eigenvalue weighted by atomic mass is 10.4. The topological polar surface area (TPSA) is 66.5 Å². The first-order chi connectivity index (χ1) is 7.78. The number of rotatable bonds is 4. The van der Waals surface area contributed by atoms with Gasteiger partial charge < -0.3 is 10.3 Å². The molecule has 0 saturated carbocycles. The van der Waals surface area contributed by atoms with Gasteiger partial charge in [-0.05, 0) is 6.92 Å². The molecule has 16 heavy (non-hydrogen) atoms. The molecule has 0 unspecified atom stereocenters. The van der Waals surface area contributed by atoms with Gasteiger partial charge in [-0.3, -0.25) is 0 Å². The number of thioether (sulfide) groups is 1. The minimum absolute atomic E-state index is 0.712. The van der Waals surface area contributed by atoms with Crippen molar-refractivity contribution in [3.63, 3.8) is 0 Å². The third-order valence-electron chi connectivity index (χ3n) is 1.97. The molecule has 0 fully saturated rings. The number of H-pyrrole nitrogens is 1. The summed E-state index contributed by atoms with van der Waals surface area (Å²) < 4.78 is 0. The van der Waals surface area contributed by atoms with E-state index in [0.717, 1.165) is 22.5 Å². The molecular weight excluding hydrogens is 222 g/mol. The highest BCUT2D eigenvalue weighted by Gasteiger charge is 2.03. The zero-order valence-corrected chi connectivity index (χ0v) is 10.0. The van der Waals surface area contributed by atoms with Gasteiger partial charge in [0, 0.05) is 31.2 Å². The monoisotopic (exact) mass is 235 g/mol.